The van der Waals surface area contributed by atoms with Gasteiger partial charge in [0.15, 0.2) is 0 Å². The number of benzene rings is 8. The highest BCUT2D eigenvalue weighted by Gasteiger charge is 2.18. The molecule has 222 valence electrons. The fourth-order valence-electron chi connectivity index (χ4n) is 7.31. The minimum atomic E-state index is 0.267. The highest BCUT2D eigenvalue weighted by molar-refractivity contribution is 6.30. The van der Waals surface area contributed by atoms with Crippen LogP contribution in [0.3, 0.4) is 0 Å². The zero-order valence-electron chi connectivity index (χ0n) is 25.9. The Morgan fingerprint density at radius 1 is 0.383 bits per heavy atom. The van der Waals surface area contributed by atoms with E-state index in [9.17, 15) is 0 Å². The van der Waals surface area contributed by atoms with Crippen molar-refractivity contribution in [1.82, 2.24) is 0 Å². The molecule has 0 aliphatic heterocycles. The molecule has 1 heterocycles. The Balaban J connectivity index is 1.05. The van der Waals surface area contributed by atoms with Crippen molar-refractivity contribution in [2.24, 2.45) is 0 Å². The summed E-state index contributed by atoms with van der Waals surface area (Å²) >= 11 is 0. The summed E-state index contributed by atoms with van der Waals surface area (Å²) < 4.78 is 6.65. The van der Waals surface area contributed by atoms with E-state index in [1.54, 1.807) is 0 Å². The number of furan rings is 1. The first-order valence-electron chi connectivity index (χ1n) is 16.4. The molecule has 0 spiro atoms. The summed E-state index contributed by atoms with van der Waals surface area (Å²) in [5.74, 6) is 0.267. The van der Waals surface area contributed by atoms with Crippen molar-refractivity contribution in [3.63, 3.8) is 0 Å². The number of hydrogen-bond acceptors (Lipinski definition) is 1. The number of hydrogen-bond donors (Lipinski definition) is 0. The first-order valence-corrected chi connectivity index (χ1v) is 16.4. The molecule has 9 aromatic rings. The quantitative estimate of drug-likeness (QED) is 0.173. The molecule has 1 aromatic heterocycles. The minimum Gasteiger partial charge on any atom is -0.455 e. The van der Waals surface area contributed by atoms with E-state index < -0.39 is 0 Å². The lowest BCUT2D eigenvalue weighted by Crippen LogP contribution is -2.05. The standard InChI is InChI=1S/C46H32O/c1-3-11-32(12-4-1)33-23-25-36(26-24-33)43(35-13-5-2-6-14-35)29-31-19-21-34(22-20-31)37-27-28-42-44(30-37)47-46-41-18-10-8-16-39(41)38-15-7-9-17-40(38)45(42)46/h1-28,30,43H,29H2. The molecule has 0 amide bonds. The fourth-order valence-corrected chi connectivity index (χ4v) is 7.31. The Kier molecular flexibility index (Phi) is 6.68. The molecule has 1 atom stereocenters. The summed E-state index contributed by atoms with van der Waals surface area (Å²) in [5.41, 5.74) is 10.7. The van der Waals surface area contributed by atoms with Crippen LogP contribution in [-0.4, -0.2) is 0 Å². The molecule has 0 bridgehead atoms. The molecule has 1 heteroatoms. The van der Waals surface area contributed by atoms with Crippen LogP contribution >= 0.6 is 0 Å². The van der Waals surface area contributed by atoms with Crippen LogP contribution in [0.2, 0.25) is 0 Å². The van der Waals surface area contributed by atoms with E-state index in [1.807, 2.05) is 0 Å². The third kappa shape index (κ3) is 4.88. The average molecular weight is 601 g/mol. The topological polar surface area (TPSA) is 13.1 Å². The number of fused-ring (bicyclic) bond motifs is 8. The van der Waals surface area contributed by atoms with Gasteiger partial charge >= 0.3 is 0 Å². The smallest absolute Gasteiger partial charge is 0.143 e. The van der Waals surface area contributed by atoms with Gasteiger partial charge in [-0.3, -0.25) is 0 Å². The molecule has 8 aromatic carbocycles. The monoisotopic (exact) mass is 600 g/mol. The first kappa shape index (κ1) is 27.4. The van der Waals surface area contributed by atoms with Crippen molar-refractivity contribution in [2.75, 3.05) is 0 Å². The summed E-state index contributed by atoms with van der Waals surface area (Å²) in [6.45, 7) is 0. The molecule has 1 unspecified atom stereocenters. The Morgan fingerprint density at radius 3 is 1.62 bits per heavy atom. The molecule has 0 radical (unpaired) electrons. The molecule has 47 heavy (non-hydrogen) atoms. The van der Waals surface area contributed by atoms with Gasteiger partial charge in [0, 0.05) is 22.1 Å². The summed E-state index contributed by atoms with van der Waals surface area (Å²) in [6, 6.07) is 63.6. The third-order valence-electron chi connectivity index (χ3n) is 9.70. The molecule has 0 fully saturated rings. The van der Waals surface area contributed by atoms with Gasteiger partial charge in [0.25, 0.3) is 0 Å². The summed E-state index contributed by atoms with van der Waals surface area (Å²) in [5, 5.41) is 7.24. The molecular weight excluding hydrogens is 569 g/mol. The maximum absolute atomic E-state index is 6.65. The van der Waals surface area contributed by atoms with Gasteiger partial charge in [-0.2, -0.15) is 0 Å². The predicted molar refractivity (Wildman–Crippen MR) is 198 cm³/mol. The van der Waals surface area contributed by atoms with Gasteiger partial charge in [-0.05, 0) is 73.7 Å². The number of rotatable bonds is 6. The van der Waals surface area contributed by atoms with Crippen LogP contribution in [0.1, 0.15) is 22.6 Å². The van der Waals surface area contributed by atoms with Crippen molar-refractivity contribution in [1.29, 1.82) is 0 Å². The van der Waals surface area contributed by atoms with E-state index in [2.05, 4.69) is 176 Å². The molecular formula is C46H32O. The molecule has 0 N–H and O–H groups in total. The van der Waals surface area contributed by atoms with Crippen LogP contribution in [0.4, 0.5) is 0 Å². The van der Waals surface area contributed by atoms with E-state index >= 15 is 0 Å². The van der Waals surface area contributed by atoms with Crippen LogP contribution in [0.15, 0.2) is 180 Å². The van der Waals surface area contributed by atoms with Crippen LogP contribution in [-0.2, 0) is 6.42 Å². The van der Waals surface area contributed by atoms with E-state index in [4.69, 9.17) is 4.42 Å². The van der Waals surface area contributed by atoms with Gasteiger partial charge in [0.1, 0.15) is 11.2 Å². The van der Waals surface area contributed by atoms with Gasteiger partial charge in [0.05, 0.1) is 0 Å². The normalized spacial score (nSPS) is 12.3. The van der Waals surface area contributed by atoms with E-state index in [-0.39, 0.29) is 5.92 Å². The fraction of sp³-hybridized carbons (Fsp3) is 0.0435. The van der Waals surface area contributed by atoms with E-state index in [0.29, 0.717) is 0 Å². The highest BCUT2D eigenvalue weighted by atomic mass is 16.3. The maximum Gasteiger partial charge on any atom is 0.143 e. The minimum absolute atomic E-state index is 0.267. The lowest BCUT2D eigenvalue weighted by Gasteiger charge is -2.19. The zero-order chi connectivity index (χ0) is 31.2. The Hall–Kier alpha value is -5.92. The Morgan fingerprint density at radius 2 is 0.894 bits per heavy atom. The van der Waals surface area contributed by atoms with Crippen molar-refractivity contribution >= 4 is 43.5 Å². The third-order valence-corrected chi connectivity index (χ3v) is 9.70. The molecule has 0 aliphatic carbocycles. The highest BCUT2D eigenvalue weighted by Crippen LogP contribution is 2.41. The zero-order valence-corrected chi connectivity index (χ0v) is 25.9. The van der Waals surface area contributed by atoms with Crippen LogP contribution in [0.25, 0.3) is 65.7 Å². The molecule has 0 saturated carbocycles. The summed E-state index contributed by atoms with van der Waals surface area (Å²) in [4.78, 5) is 0. The van der Waals surface area contributed by atoms with Gasteiger partial charge < -0.3 is 4.42 Å². The molecule has 0 saturated heterocycles. The first-order chi connectivity index (χ1) is 23.3. The van der Waals surface area contributed by atoms with Gasteiger partial charge in [-0.25, -0.2) is 0 Å². The predicted octanol–water partition coefficient (Wildman–Crippen LogP) is 12.6. The molecule has 0 aliphatic rings. The Labute approximate surface area is 274 Å². The lowest BCUT2D eigenvalue weighted by atomic mass is 9.85. The SMILES string of the molecule is c1ccc(-c2ccc(C(Cc3ccc(-c4ccc5c(c4)oc4c6ccccc6c6ccccc6c54)cc3)c3ccccc3)cc2)cc1. The summed E-state index contributed by atoms with van der Waals surface area (Å²) in [6.07, 6.45) is 0.928. The van der Waals surface area contributed by atoms with Gasteiger partial charge in [-0.1, -0.05) is 164 Å². The van der Waals surface area contributed by atoms with E-state index in [1.165, 1.54) is 54.9 Å². The second kappa shape index (κ2) is 11.5. The van der Waals surface area contributed by atoms with Gasteiger partial charge in [-0.15, -0.1) is 0 Å². The van der Waals surface area contributed by atoms with Gasteiger partial charge in [0.2, 0.25) is 0 Å². The van der Waals surface area contributed by atoms with Crippen molar-refractivity contribution in [3.8, 4) is 22.3 Å². The van der Waals surface area contributed by atoms with Crippen molar-refractivity contribution < 1.29 is 4.42 Å². The van der Waals surface area contributed by atoms with Crippen LogP contribution in [0.5, 0.6) is 0 Å². The van der Waals surface area contributed by atoms with Crippen molar-refractivity contribution in [2.45, 2.75) is 12.3 Å². The molecule has 9 rings (SSSR count). The van der Waals surface area contributed by atoms with Crippen molar-refractivity contribution in [3.05, 3.63) is 193 Å². The summed E-state index contributed by atoms with van der Waals surface area (Å²) in [7, 11) is 0. The lowest BCUT2D eigenvalue weighted by molar-refractivity contribution is 0.673. The average Bonchev–Trinajstić information content (AvgIpc) is 3.55. The Bertz CT molecular complexity index is 2510. The second-order valence-electron chi connectivity index (χ2n) is 12.5. The van der Waals surface area contributed by atoms with Crippen LogP contribution < -0.4 is 0 Å². The van der Waals surface area contributed by atoms with Crippen LogP contribution in [0, 0.1) is 0 Å². The maximum atomic E-state index is 6.65. The largest absolute Gasteiger partial charge is 0.455 e. The second-order valence-corrected chi connectivity index (χ2v) is 12.5. The van der Waals surface area contributed by atoms with E-state index in [0.717, 1.165) is 33.9 Å². The molecule has 1 nitrogen and oxygen atoms in total.